The molecule has 1 atom stereocenters. The molecule has 0 radical (unpaired) electrons. The van der Waals surface area contributed by atoms with E-state index in [4.69, 9.17) is 21.1 Å². The fourth-order valence-corrected chi connectivity index (χ4v) is 1.81. The van der Waals surface area contributed by atoms with Gasteiger partial charge in [-0.2, -0.15) is 0 Å². The second-order valence-electron chi connectivity index (χ2n) is 3.24. The number of hydrogen-bond acceptors (Lipinski definition) is 3. The summed E-state index contributed by atoms with van der Waals surface area (Å²) in [6.07, 6.45) is 1.40. The van der Waals surface area contributed by atoms with Crippen molar-refractivity contribution < 1.29 is 14.6 Å². The maximum absolute atomic E-state index is 9.83. The van der Waals surface area contributed by atoms with Gasteiger partial charge in [0.25, 0.3) is 0 Å². The summed E-state index contributed by atoms with van der Waals surface area (Å²) in [6, 6.07) is 3.43. The zero-order valence-corrected chi connectivity index (χ0v) is 10.1. The first-order valence-electron chi connectivity index (χ1n) is 4.85. The van der Waals surface area contributed by atoms with E-state index in [9.17, 15) is 5.11 Å². The number of hydrogen-bond donors (Lipinski definition) is 1. The van der Waals surface area contributed by atoms with Crippen LogP contribution in [0, 0.1) is 0 Å². The van der Waals surface area contributed by atoms with Gasteiger partial charge in [-0.05, 0) is 12.5 Å². The van der Waals surface area contributed by atoms with Crippen molar-refractivity contribution in [3.63, 3.8) is 0 Å². The Hall–Kier alpha value is -1.19. The third-order valence-electron chi connectivity index (χ3n) is 2.26. The van der Waals surface area contributed by atoms with Crippen LogP contribution >= 0.6 is 11.6 Å². The molecule has 1 rings (SSSR count). The molecule has 0 aliphatic rings. The van der Waals surface area contributed by atoms with Gasteiger partial charge in [-0.25, -0.2) is 0 Å². The van der Waals surface area contributed by atoms with Crippen molar-refractivity contribution in [1.82, 2.24) is 0 Å². The van der Waals surface area contributed by atoms with Crippen LogP contribution in [0.5, 0.6) is 11.5 Å². The summed E-state index contributed by atoms with van der Waals surface area (Å²) in [5.41, 5.74) is 0.610. The van der Waals surface area contributed by atoms with Crippen LogP contribution in [0.15, 0.2) is 24.8 Å². The summed E-state index contributed by atoms with van der Waals surface area (Å²) in [5, 5.41) is 10.2. The summed E-state index contributed by atoms with van der Waals surface area (Å²) in [5.74, 6) is 0.979. The highest BCUT2D eigenvalue weighted by Crippen LogP contribution is 2.40. The molecule has 0 fully saturated rings. The zero-order valence-electron chi connectivity index (χ0n) is 9.37. The Bertz CT molecular complexity index is 377. The van der Waals surface area contributed by atoms with Crippen LogP contribution in [-0.4, -0.2) is 19.3 Å². The van der Waals surface area contributed by atoms with Crippen LogP contribution in [0.1, 0.15) is 18.1 Å². The van der Waals surface area contributed by atoms with E-state index in [0.29, 0.717) is 28.5 Å². The van der Waals surface area contributed by atoms with Crippen LogP contribution in [0.2, 0.25) is 5.02 Å². The first-order valence-corrected chi connectivity index (χ1v) is 5.22. The number of ether oxygens (including phenoxy) is 2. The standard InChI is InChI=1S/C12H15ClO3/c1-4-5-9(14)8-6-7-10(15-2)12(16-3)11(8)13/h4,6-7,9,14H,1,5H2,2-3H3. The molecule has 0 aliphatic carbocycles. The second kappa shape index (κ2) is 5.77. The highest BCUT2D eigenvalue weighted by molar-refractivity contribution is 6.33. The third kappa shape index (κ3) is 2.49. The SMILES string of the molecule is C=CCC(O)c1ccc(OC)c(OC)c1Cl. The van der Waals surface area contributed by atoms with Gasteiger partial charge in [-0.1, -0.05) is 23.7 Å². The van der Waals surface area contributed by atoms with E-state index in [2.05, 4.69) is 6.58 Å². The molecule has 0 bridgehead atoms. The molecule has 0 saturated heterocycles. The Morgan fingerprint density at radius 3 is 2.62 bits per heavy atom. The van der Waals surface area contributed by atoms with Gasteiger partial charge in [0.05, 0.1) is 25.3 Å². The topological polar surface area (TPSA) is 38.7 Å². The monoisotopic (exact) mass is 242 g/mol. The van der Waals surface area contributed by atoms with Gasteiger partial charge in [-0.15, -0.1) is 6.58 Å². The van der Waals surface area contributed by atoms with Crippen molar-refractivity contribution >= 4 is 11.6 Å². The molecule has 0 aromatic heterocycles. The quantitative estimate of drug-likeness (QED) is 0.807. The minimum Gasteiger partial charge on any atom is -0.493 e. The van der Waals surface area contributed by atoms with Gasteiger partial charge >= 0.3 is 0 Å². The summed E-state index contributed by atoms with van der Waals surface area (Å²) in [4.78, 5) is 0. The molecule has 0 spiro atoms. The highest BCUT2D eigenvalue weighted by atomic mass is 35.5. The minimum absolute atomic E-state index is 0.371. The Labute approximate surface area is 100 Å². The Morgan fingerprint density at radius 1 is 1.44 bits per heavy atom. The predicted octanol–water partition coefficient (Wildman–Crippen LogP) is 2.97. The molecule has 0 saturated carbocycles. The van der Waals surface area contributed by atoms with Crippen molar-refractivity contribution in [2.75, 3.05) is 14.2 Å². The fraction of sp³-hybridized carbons (Fsp3) is 0.333. The molecule has 1 aromatic carbocycles. The minimum atomic E-state index is -0.676. The van der Waals surface area contributed by atoms with Crippen LogP contribution in [0.3, 0.4) is 0 Å². The molecular weight excluding hydrogens is 228 g/mol. The van der Waals surface area contributed by atoms with Crippen LogP contribution in [-0.2, 0) is 0 Å². The number of aliphatic hydroxyl groups excluding tert-OH is 1. The predicted molar refractivity (Wildman–Crippen MR) is 64.3 cm³/mol. The molecule has 0 amide bonds. The normalized spacial score (nSPS) is 12.0. The van der Waals surface area contributed by atoms with Crippen LogP contribution in [0.25, 0.3) is 0 Å². The number of methoxy groups -OCH3 is 2. The summed E-state index contributed by atoms with van der Waals surface area (Å²) >= 11 is 6.12. The number of benzene rings is 1. The summed E-state index contributed by atoms with van der Waals surface area (Å²) in [7, 11) is 3.04. The Kier molecular flexibility index (Phi) is 4.65. The lowest BCUT2D eigenvalue weighted by Crippen LogP contribution is -2.00. The Balaban J connectivity index is 3.17. The summed E-state index contributed by atoms with van der Waals surface area (Å²) in [6.45, 7) is 3.57. The van der Waals surface area contributed by atoms with Crippen molar-refractivity contribution in [1.29, 1.82) is 0 Å². The largest absolute Gasteiger partial charge is 0.493 e. The van der Waals surface area contributed by atoms with Gasteiger partial charge in [-0.3, -0.25) is 0 Å². The lowest BCUT2D eigenvalue weighted by Gasteiger charge is -2.15. The number of rotatable bonds is 5. The van der Waals surface area contributed by atoms with Gasteiger partial charge in [0.2, 0.25) is 0 Å². The van der Waals surface area contributed by atoms with E-state index in [1.807, 2.05) is 0 Å². The van der Waals surface area contributed by atoms with E-state index in [-0.39, 0.29) is 0 Å². The maximum atomic E-state index is 9.83. The van der Waals surface area contributed by atoms with Gasteiger partial charge in [0.15, 0.2) is 11.5 Å². The number of aliphatic hydroxyl groups is 1. The van der Waals surface area contributed by atoms with E-state index in [1.54, 1.807) is 18.2 Å². The van der Waals surface area contributed by atoms with E-state index < -0.39 is 6.10 Å². The van der Waals surface area contributed by atoms with Gasteiger partial charge in [0.1, 0.15) is 0 Å². The van der Waals surface area contributed by atoms with E-state index in [1.165, 1.54) is 14.2 Å². The Morgan fingerprint density at radius 2 is 2.12 bits per heavy atom. The summed E-state index contributed by atoms with van der Waals surface area (Å²) < 4.78 is 10.2. The van der Waals surface area contributed by atoms with Gasteiger partial charge < -0.3 is 14.6 Å². The van der Waals surface area contributed by atoms with Crippen molar-refractivity contribution in [2.45, 2.75) is 12.5 Å². The zero-order chi connectivity index (χ0) is 12.1. The van der Waals surface area contributed by atoms with Crippen molar-refractivity contribution in [3.8, 4) is 11.5 Å². The third-order valence-corrected chi connectivity index (χ3v) is 2.65. The van der Waals surface area contributed by atoms with Crippen molar-refractivity contribution in [2.24, 2.45) is 0 Å². The molecule has 0 aliphatic heterocycles. The molecular formula is C12H15ClO3. The molecule has 3 nitrogen and oxygen atoms in total. The maximum Gasteiger partial charge on any atom is 0.179 e. The first kappa shape index (κ1) is 12.9. The lowest BCUT2D eigenvalue weighted by molar-refractivity contribution is 0.181. The lowest BCUT2D eigenvalue weighted by atomic mass is 10.1. The highest BCUT2D eigenvalue weighted by Gasteiger charge is 2.17. The van der Waals surface area contributed by atoms with Crippen LogP contribution < -0.4 is 9.47 Å². The van der Waals surface area contributed by atoms with E-state index in [0.717, 1.165) is 0 Å². The average Bonchev–Trinajstić information content (AvgIpc) is 2.28. The smallest absolute Gasteiger partial charge is 0.179 e. The van der Waals surface area contributed by atoms with E-state index >= 15 is 0 Å². The number of halogens is 1. The molecule has 1 aromatic rings. The van der Waals surface area contributed by atoms with Crippen LogP contribution in [0.4, 0.5) is 0 Å². The van der Waals surface area contributed by atoms with Crippen molar-refractivity contribution in [3.05, 3.63) is 35.4 Å². The second-order valence-corrected chi connectivity index (χ2v) is 3.62. The molecule has 88 valence electrons. The fourth-order valence-electron chi connectivity index (χ4n) is 1.45. The molecule has 16 heavy (non-hydrogen) atoms. The molecule has 1 unspecified atom stereocenters. The molecule has 4 heteroatoms. The first-order chi connectivity index (χ1) is 7.65. The molecule has 1 N–H and O–H groups in total. The average molecular weight is 243 g/mol. The molecule has 0 heterocycles. The van der Waals surface area contributed by atoms with Gasteiger partial charge in [0, 0.05) is 5.56 Å².